The Hall–Kier alpha value is -3.22. The fourth-order valence-electron chi connectivity index (χ4n) is 3.23. The van der Waals surface area contributed by atoms with Gasteiger partial charge in [-0.2, -0.15) is 4.98 Å². The van der Waals surface area contributed by atoms with Crippen molar-refractivity contribution in [3.63, 3.8) is 0 Å². The van der Waals surface area contributed by atoms with Gasteiger partial charge in [-0.15, -0.1) is 0 Å². The lowest BCUT2D eigenvalue weighted by Crippen LogP contribution is -2.41. The van der Waals surface area contributed by atoms with E-state index in [1.807, 2.05) is 6.07 Å². The Balaban J connectivity index is 1.55. The van der Waals surface area contributed by atoms with Gasteiger partial charge in [0.1, 0.15) is 18.7 Å². The molecule has 3 heterocycles. The van der Waals surface area contributed by atoms with Crippen molar-refractivity contribution in [2.24, 2.45) is 0 Å². The number of nitrogen functional groups attached to an aromatic ring is 1. The lowest BCUT2D eigenvalue weighted by Gasteiger charge is -2.25. The Morgan fingerprint density at radius 3 is 2.88 bits per heavy atom. The van der Waals surface area contributed by atoms with Crippen molar-refractivity contribution < 1.29 is 28.9 Å². The molecule has 2 aromatic heterocycles. The second-order valence-corrected chi connectivity index (χ2v) is 8.91. The van der Waals surface area contributed by atoms with Crippen molar-refractivity contribution in [1.82, 2.24) is 24.6 Å². The summed E-state index contributed by atoms with van der Waals surface area (Å²) < 4.78 is 24.0. The van der Waals surface area contributed by atoms with E-state index in [4.69, 9.17) is 15.0 Å². The van der Waals surface area contributed by atoms with Crippen LogP contribution in [0.15, 0.2) is 53.5 Å². The number of fused-ring (bicyclic) bond motifs is 1. The van der Waals surface area contributed by atoms with Crippen molar-refractivity contribution in [1.29, 1.82) is 0 Å². The highest BCUT2D eigenvalue weighted by Gasteiger charge is 2.52. The number of hydrogen-bond donors (Lipinski definition) is 6. The summed E-state index contributed by atoms with van der Waals surface area (Å²) in [6.07, 6.45) is -0.966. The molecule has 4 rings (SSSR count). The first-order valence-corrected chi connectivity index (χ1v) is 11.0. The van der Waals surface area contributed by atoms with Crippen LogP contribution >= 0.6 is 7.75 Å². The molecule has 0 bridgehead atoms. The van der Waals surface area contributed by atoms with Crippen LogP contribution in [-0.2, 0) is 20.4 Å². The van der Waals surface area contributed by atoms with Crippen LogP contribution in [0.1, 0.15) is 18.7 Å². The number of imidazole rings is 1. The van der Waals surface area contributed by atoms with Crippen LogP contribution in [0.2, 0.25) is 0 Å². The molecule has 1 aliphatic rings. The maximum Gasteiger partial charge on any atom is 0.455 e. The number of aromatic nitrogens is 4. The largest absolute Gasteiger partial charge is 0.465 e. The molecule has 1 unspecified atom stereocenters. The number of nitrogens with one attached hydrogen (secondary N) is 2. The fourth-order valence-corrected chi connectivity index (χ4v) is 3.93. The van der Waals surface area contributed by atoms with Gasteiger partial charge in [-0.3, -0.25) is 14.3 Å². The number of aromatic amines is 1. The minimum atomic E-state index is -4.30. The van der Waals surface area contributed by atoms with Crippen LogP contribution in [0.25, 0.3) is 11.2 Å². The summed E-state index contributed by atoms with van der Waals surface area (Å²) in [5, 5.41) is 23.7. The highest BCUT2D eigenvalue weighted by atomic mass is 31.2. The quantitative estimate of drug-likeness (QED) is 0.213. The van der Waals surface area contributed by atoms with Crippen molar-refractivity contribution in [2.75, 3.05) is 5.73 Å². The first kappa shape index (κ1) is 22.0. The maximum absolute atomic E-state index is 12.3. The van der Waals surface area contributed by atoms with Gasteiger partial charge in [-0.25, -0.2) is 14.6 Å². The molecule has 13 nitrogen and oxygen atoms in total. The van der Waals surface area contributed by atoms with Gasteiger partial charge in [0.05, 0.1) is 0 Å². The van der Waals surface area contributed by atoms with Gasteiger partial charge in [0, 0.05) is 6.54 Å². The molecule has 0 aliphatic carbocycles. The highest BCUT2D eigenvalue weighted by molar-refractivity contribution is 7.50. The zero-order valence-corrected chi connectivity index (χ0v) is 17.6. The predicted octanol–water partition coefficient (Wildman–Crippen LogP) is 0.0907. The molecule has 1 saturated heterocycles. The molecule has 32 heavy (non-hydrogen) atoms. The molecular weight excluding hydrogens is 443 g/mol. The monoisotopic (exact) mass is 464 g/mol. The maximum atomic E-state index is 12.3. The zero-order chi connectivity index (χ0) is 23.1. The lowest BCUT2D eigenvalue weighted by atomic mass is 9.99. The van der Waals surface area contributed by atoms with Crippen LogP contribution in [0, 0.1) is 0 Å². The SMILES string of the molecule is C[C@@]1(O)[C@H](O)/C(=C\OP(=O)(O)NCc2ccccc2)O[C@H]1n1cnc2c(=O)[nH]c(N)nc21. The van der Waals surface area contributed by atoms with Crippen molar-refractivity contribution in [2.45, 2.75) is 31.4 Å². The summed E-state index contributed by atoms with van der Waals surface area (Å²) >= 11 is 0. The molecule has 0 amide bonds. The van der Waals surface area contributed by atoms with E-state index in [0.717, 1.165) is 11.8 Å². The molecular formula is C18H21N6O7P. The number of benzene rings is 1. The topological polar surface area (TPSA) is 198 Å². The average molecular weight is 464 g/mol. The third kappa shape index (κ3) is 4.11. The Bertz CT molecular complexity index is 1270. The normalized spacial score (nSPS) is 26.2. The summed E-state index contributed by atoms with van der Waals surface area (Å²) in [7, 11) is -4.30. The molecule has 7 N–H and O–H groups in total. The predicted molar refractivity (Wildman–Crippen MR) is 112 cm³/mol. The fraction of sp³-hybridized carbons (Fsp3) is 0.278. The van der Waals surface area contributed by atoms with Gasteiger partial charge in [0.2, 0.25) is 12.2 Å². The summed E-state index contributed by atoms with van der Waals surface area (Å²) in [4.78, 5) is 32.2. The number of aliphatic hydroxyl groups is 2. The Kier molecular flexibility index (Phi) is 5.53. The van der Waals surface area contributed by atoms with Crippen LogP contribution in [0.5, 0.6) is 0 Å². The molecule has 1 fully saturated rings. The first-order chi connectivity index (χ1) is 15.1. The van der Waals surface area contributed by atoms with E-state index in [2.05, 4.69) is 20.0 Å². The smallest absolute Gasteiger partial charge is 0.455 e. The van der Waals surface area contributed by atoms with E-state index in [-0.39, 0.29) is 29.4 Å². The van der Waals surface area contributed by atoms with E-state index in [0.29, 0.717) is 0 Å². The van der Waals surface area contributed by atoms with Crippen molar-refractivity contribution >= 4 is 24.9 Å². The minimum absolute atomic E-state index is 0.0169. The Morgan fingerprint density at radius 1 is 1.44 bits per heavy atom. The Morgan fingerprint density at radius 2 is 2.16 bits per heavy atom. The van der Waals surface area contributed by atoms with Crippen LogP contribution < -0.4 is 16.4 Å². The third-order valence-electron chi connectivity index (χ3n) is 4.91. The van der Waals surface area contributed by atoms with E-state index in [1.54, 1.807) is 24.3 Å². The molecule has 0 saturated carbocycles. The van der Waals surface area contributed by atoms with Gasteiger partial charge in [-0.05, 0) is 12.5 Å². The van der Waals surface area contributed by atoms with Gasteiger partial charge in [-0.1, -0.05) is 30.3 Å². The summed E-state index contributed by atoms with van der Waals surface area (Å²) in [5.74, 6) is -0.484. The molecule has 1 aliphatic heterocycles. The summed E-state index contributed by atoms with van der Waals surface area (Å²) in [6, 6.07) is 8.90. The number of ether oxygens (including phenoxy) is 1. The zero-order valence-electron chi connectivity index (χ0n) is 16.7. The second-order valence-electron chi connectivity index (χ2n) is 7.34. The number of nitrogens with two attached hydrogens (primary N) is 1. The molecule has 14 heteroatoms. The van der Waals surface area contributed by atoms with Gasteiger partial charge >= 0.3 is 7.75 Å². The molecule has 4 atom stereocenters. The number of aliphatic hydroxyl groups excluding tert-OH is 1. The van der Waals surface area contributed by atoms with Crippen molar-refractivity contribution in [3.8, 4) is 0 Å². The number of hydrogen-bond acceptors (Lipinski definition) is 9. The number of nitrogens with zero attached hydrogens (tertiary/aromatic N) is 3. The molecule has 0 spiro atoms. The first-order valence-electron chi connectivity index (χ1n) is 9.38. The summed E-state index contributed by atoms with van der Waals surface area (Å²) in [5.41, 5.74) is 3.79. The van der Waals surface area contributed by atoms with Gasteiger partial charge < -0.3 is 30.1 Å². The minimum Gasteiger partial charge on any atom is -0.465 e. The number of anilines is 1. The highest BCUT2D eigenvalue weighted by Crippen LogP contribution is 2.44. The number of H-pyrrole nitrogens is 1. The molecule has 170 valence electrons. The van der Waals surface area contributed by atoms with Crippen LogP contribution in [-0.4, -0.2) is 46.3 Å². The third-order valence-corrected chi connectivity index (χ3v) is 5.86. The molecule has 1 aromatic carbocycles. The standard InChI is InChI=1S/C18H21N6O7P/c1-18(27)13(25)11(8-30-32(28,29)21-7-10-5-3-2-4-6-10)31-16(18)24-9-20-12-14(24)22-17(19)23-15(12)26/h2-6,8-9,13,16,25,27H,7H2,1H3,(H2,21,28,29)(H3,19,22,23,26)/b11-8+/t13-,16-,18-/m1/s1. The van der Waals surface area contributed by atoms with E-state index < -0.39 is 31.2 Å². The summed E-state index contributed by atoms with van der Waals surface area (Å²) in [6.45, 7) is 1.34. The second kappa shape index (κ2) is 8.04. The average Bonchev–Trinajstić information content (AvgIpc) is 3.25. The molecule has 3 aromatic rings. The van der Waals surface area contributed by atoms with Crippen molar-refractivity contribution in [3.05, 3.63) is 64.6 Å². The van der Waals surface area contributed by atoms with Crippen LogP contribution in [0.4, 0.5) is 5.95 Å². The van der Waals surface area contributed by atoms with Crippen LogP contribution in [0.3, 0.4) is 0 Å². The van der Waals surface area contributed by atoms with E-state index in [1.165, 1.54) is 17.8 Å². The van der Waals surface area contributed by atoms with Gasteiger partial charge in [0.15, 0.2) is 22.5 Å². The molecule has 0 radical (unpaired) electrons. The van der Waals surface area contributed by atoms with E-state index in [9.17, 15) is 24.5 Å². The van der Waals surface area contributed by atoms with Gasteiger partial charge in [0.25, 0.3) is 5.56 Å². The number of rotatable bonds is 6. The lowest BCUT2D eigenvalue weighted by molar-refractivity contribution is -0.0918. The van der Waals surface area contributed by atoms with E-state index >= 15 is 0 Å². The Labute approximate surface area is 180 Å².